The lowest BCUT2D eigenvalue weighted by Crippen LogP contribution is -2.42. The van der Waals surface area contributed by atoms with Gasteiger partial charge >= 0.3 is 5.97 Å². The molecule has 19 heavy (non-hydrogen) atoms. The number of anilines is 1. The molecule has 1 aromatic rings. The highest BCUT2D eigenvalue weighted by molar-refractivity contribution is 5.95. The second-order valence-electron chi connectivity index (χ2n) is 4.66. The molecule has 0 radical (unpaired) electrons. The Morgan fingerprint density at radius 1 is 1.42 bits per heavy atom. The van der Waals surface area contributed by atoms with E-state index in [4.69, 9.17) is 5.73 Å². The number of rotatable bonds is 5. The van der Waals surface area contributed by atoms with E-state index in [-0.39, 0.29) is 11.6 Å². The largest absolute Gasteiger partial charge is 0.467 e. The maximum Gasteiger partial charge on any atom is 0.328 e. The third-order valence-electron chi connectivity index (χ3n) is 2.52. The highest BCUT2D eigenvalue weighted by atomic mass is 16.5. The number of hydrogen-bond acceptors (Lipinski definition) is 5. The SMILES string of the molecule is COC(=O)C(CC(C)C)NC(=O)c1ccc(N)cn1. The fraction of sp³-hybridized carbons (Fsp3) is 0.462. The van der Waals surface area contributed by atoms with Gasteiger partial charge in [-0.1, -0.05) is 13.8 Å². The first kappa shape index (κ1) is 14.9. The number of ether oxygens (including phenoxy) is 1. The van der Waals surface area contributed by atoms with E-state index in [1.165, 1.54) is 19.4 Å². The van der Waals surface area contributed by atoms with Crippen LogP contribution >= 0.6 is 0 Å². The summed E-state index contributed by atoms with van der Waals surface area (Å²) in [5.74, 6) is -0.627. The number of amides is 1. The second kappa shape index (κ2) is 6.72. The number of aromatic nitrogens is 1. The Labute approximate surface area is 112 Å². The highest BCUT2D eigenvalue weighted by Crippen LogP contribution is 2.08. The molecule has 1 amide bonds. The van der Waals surface area contributed by atoms with Crippen molar-refractivity contribution in [2.24, 2.45) is 5.92 Å². The van der Waals surface area contributed by atoms with E-state index in [1.807, 2.05) is 13.8 Å². The van der Waals surface area contributed by atoms with Crippen molar-refractivity contribution in [3.8, 4) is 0 Å². The molecule has 1 rings (SSSR count). The number of carbonyl (C=O) groups is 2. The Morgan fingerprint density at radius 3 is 2.58 bits per heavy atom. The van der Waals surface area contributed by atoms with Crippen LogP contribution in [-0.2, 0) is 9.53 Å². The number of nitrogens with two attached hydrogens (primary N) is 1. The molecule has 1 atom stereocenters. The van der Waals surface area contributed by atoms with Gasteiger partial charge in [0.1, 0.15) is 11.7 Å². The maximum atomic E-state index is 11.9. The highest BCUT2D eigenvalue weighted by Gasteiger charge is 2.23. The van der Waals surface area contributed by atoms with Crippen molar-refractivity contribution in [2.75, 3.05) is 12.8 Å². The quantitative estimate of drug-likeness (QED) is 0.774. The van der Waals surface area contributed by atoms with Crippen LogP contribution in [0.15, 0.2) is 18.3 Å². The van der Waals surface area contributed by atoms with Crippen molar-refractivity contribution in [1.82, 2.24) is 10.3 Å². The third-order valence-corrected chi connectivity index (χ3v) is 2.52. The first-order valence-electron chi connectivity index (χ1n) is 6.04. The standard InChI is InChI=1S/C13H19N3O3/c1-8(2)6-11(13(18)19-3)16-12(17)10-5-4-9(14)7-15-10/h4-5,7-8,11H,6,14H2,1-3H3,(H,16,17). The summed E-state index contributed by atoms with van der Waals surface area (Å²) < 4.78 is 4.68. The van der Waals surface area contributed by atoms with Crippen LogP contribution in [0.1, 0.15) is 30.8 Å². The number of nitrogens with zero attached hydrogens (tertiary/aromatic N) is 1. The summed E-state index contributed by atoms with van der Waals surface area (Å²) >= 11 is 0. The third kappa shape index (κ3) is 4.57. The van der Waals surface area contributed by atoms with Crippen molar-refractivity contribution in [3.63, 3.8) is 0 Å². The minimum Gasteiger partial charge on any atom is -0.467 e. The molecule has 6 heteroatoms. The number of pyridine rings is 1. The minimum atomic E-state index is -0.670. The van der Waals surface area contributed by atoms with Crippen LogP contribution in [-0.4, -0.2) is 30.0 Å². The zero-order valence-corrected chi connectivity index (χ0v) is 11.3. The van der Waals surface area contributed by atoms with E-state index in [0.717, 1.165) is 0 Å². The van der Waals surface area contributed by atoms with Crippen LogP contribution < -0.4 is 11.1 Å². The molecule has 0 aliphatic rings. The number of nitrogen functional groups attached to an aromatic ring is 1. The average Bonchev–Trinajstić information content (AvgIpc) is 2.37. The van der Waals surface area contributed by atoms with Gasteiger partial charge in [-0.2, -0.15) is 0 Å². The molecule has 0 fully saturated rings. The van der Waals surface area contributed by atoms with Gasteiger partial charge in [0.25, 0.3) is 5.91 Å². The summed E-state index contributed by atoms with van der Waals surface area (Å²) in [7, 11) is 1.29. The first-order chi connectivity index (χ1) is 8.93. The van der Waals surface area contributed by atoms with Gasteiger partial charge < -0.3 is 15.8 Å². The van der Waals surface area contributed by atoms with Gasteiger partial charge in [-0.25, -0.2) is 9.78 Å². The molecule has 0 aliphatic heterocycles. The monoisotopic (exact) mass is 265 g/mol. The van der Waals surface area contributed by atoms with Crippen LogP contribution in [0.3, 0.4) is 0 Å². The molecule has 1 heterocycles. The van der Waals surface area contributed by atoms with Crippen molar-refractivity contribution in [3.05, 3.63) is 24.0 Å². The van der Waals surface area contributed by atoms with Crippen LogP contribution in [0.25, 0.3) is 0 Å². The Morgan fingerprint density at radius 2 is 2.11 bits per heavy atom. The Kier molecular flexibility index (Phi) is 5.29. The van der Waals surface area contributed by atoms with Crippen molar-refractivity contribution in [2.45, 2.75) is 26.3 Å². The second-order valence-corrected chi connectivity index (χ2v) is 4.66. The number of hydrogen-bond donors (Lipinski definition) is 2. The summed E-state index contributed by atoms with van der Waals surface area (Å²) in [6.45, 7) is 3.92. The maximum absolute atomic E-state index is 11.9. The molecule has 104 valence electrons. The van der Waals surface area contributed by atoms with Crippen LogP contribution in [0.4, 0.5) is 5.69 Å². The fourth-order valence-corrected chi connectivity index (χ4v) is 1.60. The zero-order chi connectivity index (χ0) is 14.4. The molecular weight excluding hydrogens is 246 g/mol. The molecule has 6 nitrogen and oxygen atoms in total. The van der Waals surface area contributed by atoms with Gasteiger partial charge in [-0.05, 0) is 24.5 Å². The van der Waals surface area contributed by atoms with Gasteiger partial charge in [0.15, 0.2) is 0 Å². The summed E-state index contributed by atoms with van der Waals surface area (Å²) in [6, 6.07) is 2.42. The Hall–Kier alpha value is -2.11. The summed E-state index contributed by atoms with van der Waals surface area (Å²) in [6.07, 6.45) is 1.90. The molecular formula is C13H19N3O3. The molecule has 1 aromatic heterocycles. The summed E-state index contributed by atoms with van der Waals surface area (Å²) in [4.78, 5) is 27.4. The number of nitrogens with one attached hydrogen (secondary N) is 1. The molecule has 1 unspecified atom stereocenters. The molecule has 0 aliphatic carbocycles. The van der Waals surface area contributed by atoms with E-state index in [2.05, 4.69) is 15.0 Å². The smallest absolute Gasteiger partial charge is 0.328 e. The van der Waals surface area contributed by atoms with Gasteiger partial charge in [-0.15, -0.1) is 0 Å². The lowest BCUT2D eigenvalue weighted by Gasteiger charge is -2.18. The summed E-state index contributed by atoms with van der Waals surface area (Å²) in [5.41, 5.74) is 6.19. The van der Waals surface area contributed by atoms with E-state index >= 15 is 0 Å². The Bertz CT molecular complexity index is 443. The molecule has 3 N–H and O–H groups in total. The van der Waals surface area contributed by atoms with Crippen LogP contribution in [0.5, 0.6) is 0 Å². The fourth-order valence-electron chi connectivity index (χ4n) is 1.60. The molecule has 0 spiro atoms. The van der Waals surface area contributed by atoms with Gasteiger partial charge in [-0.3, -0.25) is 4.79 Å². The minimum absolute atomic E-state index is 0.215. The van der Waals surface area contributed by atoms with Crippen molar-refractivity contribution < 1.29 is 14.3 Å². The lowest BCUT2D eigenvalue weighted by molar-refractivity contribution is -0.143. The zero-order valence-electron chi connectivity index (χ0n) is 11.3. The number of methoxy groups -OCH3 is 1. The van der Waals surface area contributed by atoms with Gasteiger partial charge in [0.2, 0.25) is 0 Å². The van der Waals surface area contributed by atoms with Gasteiger partial charge in [0, 0.05) is 0 Å². The summed E-state index contributed by atoms with van der Waals surface area (Å²) in [5, 5.41) is 2.62. The van der Waals surface area contributed by atoms with Crippen LogP contribution in [0, 0.1) is 5.92 Å². The predicted octanol–water partition coefficient (Wildman–Crippen LogP) is 0.981. The first-order valence-corrected chi connectivity index (χ1v) is 6.04. The molecule has 0 bridgehead atoms. The molecule has 0 saturated heterocycles. The van der Waals surface area contributed by atoms with E-state index < -0.39 is 17.9 Å². The molecule has 0 aromatic carbocycles. The van der Waals surface area contributed by atoms with E-state index in [1.54, 1.807) is 6.07 Å². The number of carbonyl (C=O) groups excluding carboxylic acids is 2. The normalized spacial score (nSPS) is 12.0. The molecule has 0 saturated carbocycles. The van der Waals surface area contributed by atoms with Crippen LogP contribution in [0.2, 0.25) is 0 Å². The van der Waals surface area contributed by atoms with Crippen molar-refractivity contribution >= 4 is 17.6 Å². The van der Waals surface area contributed by atoms with E-state index in [0.29, 0.717) is 12.1 Å². The Balaban J connectivity index is 2.75. The van der Waals surface area contributed by atoms with Crippen molar-refractivity contribution in [1.29, 1.82) is 0 Å². The number of esters is 1. The lowest BCUT2D eigenvalue weighted by atomic mass is 10.0. The van der Waals surface area contributed by atoms with E-state index in [9.17, 15) is 9.59 Å². The topological polar surface area (TPSA) is 94.3 Å². The van der Waals surface area contributed by atoms with Gasteiger partial charge in [0.05, 0.1) is 19.0 Å². The average molecular weight is 265 g/mol. The predicted molar refractivity (Wildman–Crippen MR) is 71.4 cm³/mol.